The number of aromatic nitrogens is 4. The van der Waals surface area contributed by atoms with E-state index in [-0.39, 0.29) is 29.9 Å². The molecule has 0 bridgehead atoms. The minimum Gasteiger partial charge on any atom is -0.490 e. The molecule has 0 N–H and O–H groups in total. The molecule has 1 atom stereocenters. The number of ether oxygens (including phenoxy) is 3. The number of fused-ring (bicyclic) bond motifs is 3. The van der Waals surface area contributed by atoms with Gasteiger partial charge in [0.1, 0.15) is 18.9 Å². The summed E-state index contributed by atoms with van der Waals surface area (Å²) in [5, 5.41) is 0.606. The fraction of sp³-hybridized carbons (Fsp3) is 0.333. The average molecular weight is 421 g/mol. The van der Waals surface area contributed by atoms with E-state index in [1.165, 1.54) is 18.7 Å². The Morgan fingerprint density at radius 1 is 1.31 bits per heavy atom. The van der Waals surface area contributed by atoms with Gasteiger partial charge in [0.15, 0.2) is 17.3 Å². The molecule has 0 amide bonds. The summed E-state index contributed by atoms with van der Waals surface area (Å²) >= 11 is 5.86. The molecule has 1 aliphatic heterocycles. The van der Waals surface area contributed by atoms with Gasteiger partial charge < -0.3 is 14.2 Å². The summed E-state index contributed by atoms with van der Waals surface area (Å²) < 4.78 is 19.6. The van der Waals surface area contributed by atoms with E-state index in [9.17, 15) is 14.4 Å². The Kier molecular flexibility index (Phi) is 4.79. The third-order valence-corrected chi connectivity index (χ3v) is 4.87. The van der Waals surface area contributed by atoms with Gasteiger partial charge in [0.05, 0.1) is 13.7 Å². The highest BCUT2D eigenvalue weighted by Gasteiger charge is 2.30. The molecule has 152 valence electrons. The molecule has 0 aliphatic carbocycles. The number of esters is 1. The van der Waals surface area contributed by atoms with E-state index in [1.54, 1.807) is 28.8 Å². The number of nitrogens with zero attached hydrogens (tertiary/aromatic N) is 4. The summed E-state index contributed by atoms with van der Waals surface area (Å²) in [7, 11) is 2.66. The molecule has 3 aromatic rings. The Bertz CT molecular complexity index is 1210. The average Bonchev–Trinajstić information content (AvgIpc) is 3.26. The van der Waals surface area contributed by atoms with E-state index < -0.39 is 23.8 Å². The molecule has 3 heterocycles. The van der Waals surface area contributed by atoms with Crippen molar-refractivity contribution < 1.29 is 19.0 Å². The smallest absolute Gasteiger partial charge is 0.333 e. The summed E-state index contributed by atoms with van der Waals surface area (Å²) in [6, 6.07) is 7.14. The molecule has 0 radical (unpaired) electrons. The van der Waals surface area contributed by atoms with Gasteiger partial charge in [-0.3, -0.25) is 18.7 Å². The SMILES string of the molecule is COC(=O)Cn1c(=O)c2c(nc3n2C[C@H](COc2ccc(Cl)cc2)O3)n(C)c1=O. The number of imidazole rings is 1. The van der Waals surface area contributed by atoms with Crippen molar-refractivity contribution in [2.75, 3.05) is 13.7 Å². The lowest BCUT2D eigenvalue weighted by molar-refractivity contribution is -0.141. The summed E-state index contributed by atoms with van der Waals surface area (Å²) in [4.78, 5) is 41.2. The predicted molar refractivity (Wildman–Crippen MR) is 103 cm³/mol. The summed E-state index contributed by atoms with van der Waals surface area (Å²) in [5.41, 5.74) is -0.921. The standard InChI is InChI=1S/C18H17ClN4O6/c1-21-15-14(16(25)23(18(21)26)8-13(24)27-2)22-7-12(29-17(22)20-15)9-28-11-5-3-10(19)4-6-11/h3-6,12H,7-9H2,1-2H3/t12-/m1/s1. The highest BCUT2D eigenvalue weighted by molar-refractivity contribution is 6.30. The van der Waals surface area contributed by atoms with Crippen LogP contribution in [0.15, 0.2) is 33.9 Å². The molecule has 1 aliphatic rings. The first-order valence-corrected chi connectivity index (χ1v) is 9.08. The van der Waals surface area contributed by atoms with Crippen LogP contribution >= 0.6 is 11.6 Å². The number of carbonyl (C=O) groups excluding carboxylic acids is 1. The van der Waals surface area contributed by atoms with Crippen molar-refractivity contribution in [3.05, 3.63) is 50.1 Å². The van der Waals surface area contributed by atoms with Crippen molar-refractivity contribution in [2.24, 2.45) is 7.05 Å². The number of rotatable bonds is 5. The lowest BCUT2D eigenvalue weighted by atomic mass is 10.3. The molecular formula is C18H17ClN4O6. The van der Waals surface area contributed by atoms with Crippen molar-refractivity contribution in [3.8, 4) is 11.8 Å². The molecule has 1 aromatic carbocycles. The second kappa shape index (κ2) is 7.28. The predicted octanol–water partition coefficient (Wildman–Crippen LogP) is 0.563. The second-order valence-electron chi connectivity index (χ2n) is 6.49. The Balaban J connectivity index is 1.62. The first kappa shape index (κ1) is 19.1. The number of methoxy groups -OCH3 is 1. The fourth-order valence-corrected chi connectivity index (χ4v) is 3.27. The van der Waals surface area contributed by atoms with Crippen molar-refractivity contribution in [2.45, 2.75) is 19.2 Å². The minimum absolute atomic E-state index is 0.181. The molecule has 0 spiro atoms. The number of hydrogen-bond donors (Lipinski definition) is 0. The van der Waals surface area contributed by atoms with Crippen molar-refractivity contribution >= 4 is 28.7 Å². The van der Waals surface area contributed by atoms with Gasteiger partial charge in [0.2, 0.25) is 0 Å². The second-order valence-corrected chi connectivity index (χ2v) is 6.93. The van der Waals surface area contributed by atoms with Crippen LogP contribution in [0.4, 0.5) is 0 Å². The molecule has 10 nitrogen and oxygen atoms in total. The zero-order valence-corrected chi connectivity index (χ0v) is 16.4. The third kappa shape index (κ3) is 3.35. The molecule has 11 heteroatoms. The molecule has 29 heavy (non-hydrogen) atoms. The maximum atomic E-state index is 12.9. The van der Waals surface area contributed by atoms with E-state index in [0.29, 0.717) is 17.3 Å². The van der Waals surface area contributed by atoms with Gasteiger partial charge in [0, 0.05) is 12.1 Å². The molecule has 0 unspecified atom stereocenters. The molecule has 2 aromatic heterocycles. The van der Waals surface area contributed by atoms with Gasteiger partial charge in [-0.2, -0.15) is 4.98 Å². The van der Waals surface area contributed by atoms with Gasteiger partial charge >= 0.3 is 11.7 Å². The zero-order valence-electron chi connectivity index (χ0n) is 15.6. The number of benzene rings is 1. The third-order valence-electron chi connectivity index (χ3n) is 4.62. The first-order valence-electron chi connectivity index (χ1n) is 8.71. The Labute approximate surface area is 168 Å². The normalized spacial score (nSPS) is 15.2. The number of hydrogen-bond acceptors (Lipinski definition) is 7. The molecular weight excluding hydrogens is 404 g/mol. The van der Waals surface area contributed by atoms with E-state index in [2.05, 4.69) is 9.72 Å². The van der Waals surface area contributed by atoms with Crippen LogP contribution in [-0.2, 0) is 29.7 Å². The number of halogens is 1. The topological polar surface area (TPSA) is 107 Å². The van der Waals surface area contributed by atoms with Crippen LogP contribution in [0.2, 0.25) is 5.02 Å². The van der Waals surface area contributed by atoms with Gasteiger partial charge in [-0.1, -0.05) is 11.6 Å². The van der Waals surface area contributed by atoms with Crippen molar-refractivity contribution in [1.82, 2.24) is 18.7 Å². The van der Waals surface area contributed by atoms with Crippen LogP contribution in [0, 0.1) is 0 Å². The van der Waals surface area contributed by atoms with Crippen LogP contribution < -0.4 is 20.7 Å². The Morgan fingerprint density at radius 3 is 2.72 bits per heavy atom. The molecule has 0 saturated heterocycles. The Hall–Kier alpha value is -3.27. The lowest BCUT2D eigenvalue weighted by Crippen LogP contribution is -2.41. The summed E-state index contributed by atoms with van der Waals surface area (Å²) in [6.07, 6.45) is -0.372. The largest absolute Gasteiger partial charge is 0.490 e. The van der Waals surface area contributed by atoms with Gasteiger partial charge in [-0.25, -0.2) is 9.36 Å². The summed E-state index contributed by atoms with van der Waals surface area (Å²) in [6.45, 7) is 0.0577. The van der Waals surface area contributed by atoms with E-state index in [1.807, 2.05) is 0 Å². The van der Waals surface area contributed by atoms with Gasteiger partial charge in [0.25, 0.3) is 11.6 Å². The van der Waals surface area contributed by atoms with Crippen LogP contribution in [-0.4, -0.2) is 44.5 Å². The number of aryl methyl sites for hydroxylation is 1. The lowest BCUT2D eigenvalue weighted by Gasteiger charge is -2.12. The Morgan fingerprint density at radius 2 is 2.03 bits per heavy atom. The highest BCUT2D eigenvalue weighted by Crippen LogP contribution is 2.26. The maximum absolute atomic E-state index is 12.9. The van der Waals surface area contributed by atoms with Crippen LogP contribution in [0.1, 0.15) is 0 Å². The first-order chi connectivity index (χ1) is 13.9. The minimum atomic E-state index is -0.699. The zero-order chi connectivity index (χ0) is 20.7. The fourth-order valence-electron chi connectivity index (χ4n) is 3.14. The van der Waals surface area contributed by atoms with Gasteiger partial charge in [-0.15, -0.1) is 0 Å². The number of carbonyl (C=O) groups is 1. The van der Waals surface area contributed by atoms with Gasteiger partial charge in [-0.05, 0) is 24.3 Å². The van der Waals surface area contributed by atoms with Crippen LogP contribution in [0.3, 0.4) is 0 Å². The molecule has 0 fully saturated rings. The molecule has 4 rings (SSSR count). The van der Waals surface area contributed by atoms with Crippen LogP contribution in [0.25, 0.3) is 11.2 Å². The van der Waals surface area contributed by atoms with E-state index in [4.69, 9.17) is 21.1 Å². The van der Waals surface area contributed by atoms with E-state index in [0.717, 1.165) is 4.57 Å². The highest BCUT2D eigenvalue weighted by atomic mass is 35.5. The summed E-state index contributed by atoms with van der Waals surface area (Å²) in [5.74, 6) is -0.0644. The maximum Gasteiger partial charge on any atom is 0.333 e. The monoisotopic (exact) mass is 420 g/mol. The van der Waals surface area contributed by atoms with E-state index >= 15 is 0 Å². The van der Waals surface area contributed by atoms with Crippen molar-refractivity contribution in [3.63, 3.8) is 0 Å². The quantitative estimate of drug-likeness (QED) is 0.555. The van der Waals surface area contributed by atoms with Crippen LogP contribution in [0.5, 0.6) is 11.8 Å². The molecule has 0 saturated carbocycles. The van der Waals surface area contributed by atoms with Crippen molar-refractivity contribution in [1.29, 1.82) is 0 Å².